The van der Waals surface area contributed by atoms with Crippen molar-refractivity contribution in [2.75, 3.05) is 0 Å². The van der Waals surface area contributed by atoms with Crippen LogP contribution in [0.2, 0.25) is 0 Å². The van der Waals surface area contributed by atoms with Gasteiger partial charge in [0.1, 0.15) is 11.9 Å². The average molecular weight is 535 g/mol. The minimum Gasteiger partial charge on any atom is -0.459 e. The van der Waals surface area contributed by atoms with E-state index in [2.05, 4.69) is 41.5 Å². The summed E-state index contributed by atoms with van der Waals surface area (Å²) in [6, 6.07) is 9.28. The molecule has 216 valence electrons. The van der Waals surface area contributed by atoms with Crippen LogP contribution in [0.3, 0.4) is 0 Å². The Labute approximate surface area is 238 Å². The first kappa shape index (κ1) is 28.9. The van der Waals surface area contributed by atoms with Crippen molar-refractivity contribution in [1.82, 2.24) is 0 Å². The van der Waals surface area contributed by atoms with Crippen LogP contribution in [-0.4, -0.2) is 17.9 Å². The van der Waals surface area contributed by atoms with E-state index in [-0.39, 0.29) is 23.4 Å². The molecule has 4 saturated carbocycles. The molecule has 10 atom stereocenters. The van der Waals surface area contributed by atoms with Crippen LogP contribution in [0.1, 0.15) is 123 Å². The van der Waals surface area contributed by atoms with Gasteiger partial charge in [-0.25, -0.2) is 4.79 Å². The van der Waals surface area contributed by atoms with Gasteiger partial charge in [-0.1, -0.05) is 72.6 Å². The average Bonchev–Trinajstić information content (AvgIpc) is 3.27. The van der Waals surface area contributed by atoms with Gasteiger partial charge >= 0.3 is 5.97 Å². The smallest absolute Gasteiger partial charge is 0.338 e. The summed E-state index contributed by atoms with van der Waals surface area (Å²) in [6.07, 6.45) is 12.5. The van der Waals surface area contributed by atoms with Crippen molar-refractivity contribution in [1.29, 1.82) is 0 Å². The van der Waals surface area contributed by atoms with Crippen LogP contribution < -0.4 is 0 Å². The van der Waals surface area contributed by atoms with Crippen molar-refractivity contribution >= 4 is 11.8 Å². The van der Waals surface area contributed by atoms with Gasteiger partial charge in [-0.05, 0) is 116 Å². The molecule has 0 radical (unpaired) electrons. The molecule has 1 aromatic rings. The molecular formula is C36H54O3. The number of hydrogen-bond acceptors (Lipinski definition) is 3. The molecule has 0 saturated heterocycles. The molecule has 4 fully saturated rings. The van der Waals surface area contributed by atoms with E-state index in [1.54, 1.807) is 0 Å². The number of fused-ring (bicyclic) bond motifs is 5. The number of ether oxygens (including phenoxy) is 1. The first-order chi connectivity index (χ1) is 18.6. The van der Waals surface area contributed by atoms with Gasteiger partial charge < -0.3 is 4.74 Å². The molecule has 0 bridgehead atoms. The fraction of sp³-hybridized carbons (Fsp3) is 0.778. The first-order valence-electron chi connectivity index (χ1n) is 16.4. The Kier molecular flexibility index (Phi) is 8.38. The van der Waals surface area contributed by atoms with Gasteiger partial charge in [0, 0.05) is 12.3 Å². The second-order valence-electron chi connectivity index (χ2n) is 15.0. The highest BCUT2D eigenvalue weighted by atomic mass is 16.5. The fourth-order valence-corrected chi connectivity index (χ4v) is 10.6. The standard InChI is InChI=1S/C36H54O3/c1-7-25(23(2)3)14-13-24(4)29-15-16-30-28-22-33(37)32-21-27(39-34(38)26-11-9-8-10-12-26)17-19-36(32,6)31(28)18-20-35(29,30)5/h8-12,23-25,27-32H,7,13-22H2,1-6H3/t24-,25-,27+,28+,29-,30+,31+,32?,35-,36-/m1/s1. The second-order valence-corrected chi connectivity index (χ2v) is 15.0. The molecule has 5 rings (SSSR count). The Morgan fingerprint density at radius 2 is 1.64 bits per heavy atom. The summed E-state index contributed by atoms with van der Waals surface area (Å²) in [5.41, 5.74) is 1.06. The SMILES string of the molecule is CC[C@H](CC[C@@H](C)[C@H]1CC[C@H]2[C@@H]3CC(=O)C4C[C@@H](OC(=O)c5ccccc5)CC[C@]4(C)[C@H]3CC[C@]12C)C(C)C. The monoisotopic (exact) mass is 534 g/mol. The van der Waals surface area contributed by atoms with E-state index in [9.17, 15) is 9.59 Å². The van der Waals surface area contributed by atoms with Gasteiger partial charge in [0.25, 0.3) is 0 Å². The van der Waals surface area contributed by atoms with Crippen molar-refractivity contribution in [2.45, 2.75) is 118 Å². The van der Waals surface area contributed by atoms with Gasteiger partial charge in [0.15, 0.2) is 0 Å². The van der Waals surface area contributed by atoms with E-state index in [1.165, 1.54) is 44.9 Å². The van der Waals surface area contributed by atoms with Gasteiger partial charge in [-0.15, -0.1) is 0 Å². The zero-order chi connectivity index (χ0) is 27.9. The normalized spacial score (nSPS) is 39.4. The molecule has 0 aliphatic heterocycles. The molecule has 1 unspecified atom stereocenters. The number of rotatable bonds is 8. The maximum atomic E-state index is 13.8. The lowest BCUT2D eigenvalue weighted by Crippen LogP contribution is -2.57. The van der Waals surface area contributed by atoms with Gasteiger partial charge in [-0.3, -0.25) is 4.79 Å². The minimum atomic E-state index is -0.247. The summed E-state index contributed by atoms with van der Waals surface area (Å²) >= 11 is 0. The van der Waals surface area contributed by atoms with E-state index in [4.69, 9.17) is 4.74 Å². The summed E-state index contributed by atoms with van der Waals surface area (Å²) in [4.78, 5) is 26.6. The molecule has 0 amide bonds. The molecule has 0 aromatic heterocycles. The lowest BCUT2D eigenvalue weighted by Gasteiger charge is -2.60. The number of Topliss-reactive ketones (excluding diaryl/α,β-unsaturated/α-hetero) is 1. The molecular weight excluding hydrogens is 480 g/mol. The van der Waals surface area contributed by atoms with Crippen molar-refractivity contribution < 1.29 is 14.3 Å². The molecule has 4 aliphatic carbocycles. The van der Waals surface area contributed by atoms with Crippen LogP contribution in [0.25, 0.3) is 0 Å². The maximum absolute atomic E-state index is 13.8. The third-order valence-corrected chi connectivity index (χ3v) is 12.9. The molecule has 4 aliphatic rings. The largest absolute Gasteiger partial charge is 0.459 e. The predicted octanol–water partition coefficient (Wildman–Crippen LogP) is 9.15. The molecule has 0 N–H and O–H groups in total. The Hall–Kier alpha value is -1.64. The lowest BCUT2D eigenvalue weighted by molar-refractivity contribution is -0.160. The highest BCUT2D eigenvalue weighted by Gasteiger charge is 2.62. The third-order valence-electron chi connectivity index (χ3n) is 12.9. The molecule has 39 heavy (non-hydrogen) atoms. The van der Waals surface area contributed by atoms with Crippen LogP contribution in [0.15, 0.2) is 30.3 Å². The zero-order valence-electron chi connectivity index (χ0n) is 25.6. The van der Waals surface area contributed by atoms with Crippen LogP contribution >= 0.6 is 0 Å². The fourth-order valence-electron chi connectivity index (χ4n) is 10.6. The van der Waals surface area contributed by atoms with Crippen molar-refractivity contribution in [3.05, 3.63) is 35.9 Å². The summed E-state index contributed by atoms with van der Waals surface area (Å²) in [5, 5.41) is 0. The number of carbonyl (C=O) groups excluding carboxylic acids is 2. The zero-order valence-corrected chi connectivity index (χ0v) is 25.6. The van der Waals surface area contributed by atoms with Gasteiger partial charge in [-0.2, -0.15) is 0 Å². The Morgan fingerprint density at radius 3 is 2.33 bits per heavy atom. The van der Waals surface area contributed by atoms with E-state index < -0.39 is 0 Å². The lowest BCUT2D eigenvalue weighted by atomic mass is 9.44. The van der Waals surface area contributed by atoms with Gasteiger partial charge in [0.2, 0.25) is 0 Å². The van der Waals surface area contributed by atoms with E-state index in [0.717, 1.165) is 42.9 Å². The number of ketones is 1. The molecule has 1 aromatic carbocycles. The molecule has 0 heterocycles. The van der Waals surface area contributed by atoms with Crippen LogP contribution in [0.4, 0.5) is 0 Å². The van der Waals surface area contributed by atoms with Crippen LogP contribution in [0, 0.1) is 58.2 Å². The van der Waals surface area contributed by atoms with Crippen molar-refractivity contribution in [2.24, 2.45) is 58.2 Å². The van der Waals surface area contributed by atoms with Crippen LogP contribution in [0.5, 0.6) is 0 Å². The number of carbonyl (C=O) groups is 2. The Bertz CT molecular complexity index is 1020. The minimum absolute atomic E-state index is 0.0450. The Balaban J connectivity index is 1.25. The topological polar surface area (TPSA) is 43.4 Å². The third kappa shape index (κ3) is 5.26. The Morgan fingerprint density at radius 1 is 0.949 bits per heavy atom. The number of esters is 1. The molecule has 3 nitrogen and oxygen atoms in total. The number of hydrogen-bond donors (Lipinski definition) is 0. The quantitative estimate of drug-likeness (QED) is 0.312. The summed E-state index contributed by atoms with van der Waals surface area (Å²) in [5.74, 6) is 5.37. The van der Waals surface area contributed by atoms with Crippen LogP contribution in [-0.2, 0) is 9.53 Å². The summed E-state index contributed by atoms with van der Waals surface area (Å²) in [6.45, 7) is 14.7. The number of benzene rings is 1. The van der Waals surface area contributed by atoms with Gasteiger partial charge in [0.05, 0.1) is 5.56 Å². The van der Waals surface area contributed by atoms with E-state index in [0.29, 0.717) is 40.9 Å². The molecule has 3 heteroatoms. The first-order valence-corrected chi connectivity index (χ1v) is 16.4. The molecule has 0 spiro atoms. The highest BCUT2D eigenvalue weighted by molar-refractivity contribution is 5.89. The highest BCUT2D eigenvalue weighted by Crippen LogP contribution is 2.68. The van der Waals surface area contributed by atoms with Crippen molar-refractivity contribution in [3.8, 4) is 0 Å². The predicted molar refractivity (Wildman–Crippen MR) is 158 cm³/mol. The second kappa shape index (κ2) is 11.3. The van der Waals surface area contributed by atoms with E-state index in [1.807, 2.05) is 30.3 Å². The maximum Gasteiger partial charge on any atom is 0.338 e. The van der Waals surface area contributed by atoms with Crippen molar-refractivity contribution in [3.63, 3.8) is 0 Å². The summed E-state index contributed by atoms with van der Waals surface area (Å²) in [7, 11) is 0. The summed E-state index contributed by atoms with van der Waals surface area (Å²) < 4.78 is 5.95. The van der Waals surface area contributed by atoms with E-state index >= 15 is 0 Å².